The van der Waals surface area contributed by atoms with Gasteiger partial charge >= 0.3 is 0 Å². The van der Waals surface area contributed by atoms with Gasteiger partial charge in [0.25, 0.3) is 0 Å². The fourth-order valence-corrected chi connectivity index (χ4v) is 1.12. The fraction of sp³-hybridized carbons (Fsp3) is 0.429. The summed E-state index contributed by atoms with van der Waals surface area (Å²) in [4.78, 5) is 8.63. The fourth-order valence-electron chi connectivity index (χ4n) is 1.12. The lowest BCUT2D eigenvalue weighted by Crippen LogP contribution is -2.32. The van der Waals surface area contributed by atoms with Crippen LogP contribution < -0.4 is 5.32 Å². The number of hydrogen-bond donors (Lipinski definition) is 1. The Morgan fingerprint density at radius 3 is 3.10 bits per heavy atom. The molecule has 2 rings (SSSR count). The lowest BCUT2D eigenvalue weighted by atomic mass is 10.1. The number of nitrogens with zero attached hydrogens (tertiary/aromatic N) is 2. The molecular weight excluding hydrogens is 126 g/mol. The van der Waals surface area contributed by atoms with Gasteiger partial charge in [-0.1, -0.05) is 0 Å². The molecule has 3 heteroatoms. The average Bonchev–Trinajstić information content (AvgIpc) is 2.05. The van der Waals surface area contributed by atoms with Crippen LogP contribution in [0.25, 0.3) is 0 Å². The van der Waals surface area contributed by atoms with Gasteiger partial charge in [0.1, 0.15) is 0 Å². The molecule has 2 aliphatic heterocycles. The molecule has 0 bridgehead atoms. The molecule has 0 aromatic heterocycles. The van der Waals surface area contributed by atoms with Crippen LogP contribution in [-0.4, -0.2) is 31.1 Å². The molecule has 0 aromatic carbocycles. The van der Waals surface area contributed by atoms with E-state index in [0.717, 1.165) is 31.1 Å². The zero-order valence-corrected chi connectivity index (χ0v) is 5.67. The Kier molecular flexibility index (Phi) is 1.27. The SMILES string of the molecule is C1=CC2=NCCN=C2CN1. The minimum absolute atomic E-state index is 0.843. The van der Waals surface area contributed by atoms with Crippen molar-refractivity contribution in [1.29, 1.82) is 0 Å². The Morgan fingerprint density at radius 1 is 1.30 bits per heavy atom. The van der Waals surface area contributed by atoms with E-state index in [1.54, 1.807) is 0 Å². The molecule has 0 radical (unpaired) electrons. The van der Waals surface area contributed by atoms with Gasteiger partial charge in [-0.25, -0.2) is 0 Å². The molecule has 0 aromatic rings. The molecule has 52 valence electrons. The summed E-state index contributed by atoms with van der Waals surface area (Å²) in [7, 11) is 0. The van der Waals surface area contributed by atoms with E-state index in [0.29, 0.717) is 0 Å². The summed E-state index contributed by atoms with van der Waals surface area (Å²) < 4.78 is 0. The van der Waals surface area contributed by atoms with Crippen molar-refractivity contribution in [3.63, 3.8) is 0 Å². The van der Waals surface area contributed by atoms with Crippen molar-refractivity contribution in [2.75, 3.05) is 19.6 Å². The second kappa shape index (κ2) is 2.25. The lowest BCUT2D eigenvalue weighted by molar-refractivity contribution is 0.928. The number of aliphatic imine (C=N–C) groups is 2. The molecule has 0 saturated carbocycles. The minimum Gasteiger partial charge on any atom is -0.385 e. The Morgan fingerprint density at radius 2 is 2.20 bits per heavy atom. The van der Waals surface area contributed by atoms with Crippen molar-refractivity contribution in [2.24, 2.45) is 9.98 Å². The van der Waals surface area contributed by atoms with Gasteiger partial charge in [0, 0.05) is 0 Å². The van der Waals surface area contributed by atoms with Crippen LogP contribution in [0, 0.1) is 0 Å². The molecule has 0 aliphatic carbocycles. The van der Waals surface area contributed by atoms with Crippen molar-refractivity contribution < 1.29 is 0 Å². The Bertz CT molecular complexity index is 225. The zero-order chi connectivity index (χ0) is 6.81. The first-order valence-electron chi connectivity index (χ1n) is 3.45. The molecule has 0 amide bonds. The molecule has 2 heterocycles. The van der Waals surface area contributed by atoms with E-state index in [1.165, 1.54) is 0 Å². The van der Waals surface area contributed by atoms with Crippen LogP contribution >= 0.6 is 0 Å². The number of nitrogens with one attached hydrogen (secondary N) is 1. The molecule has 0 spiro atoms. The van der Waals surface area contributed by atoms with E-state index in [1.807, 2.05) is 12.3 Å². The largest absolute Gasteiger partial charge is 0.385 e. The first-order valence-corrected chi connectivity index (χ1v) is 3.45. The summed E-state index contributed by atoms with van der Waals surface area (Å²) >= 11 is 0. The van der Waals surface area contributed by atoms with Crippen LogP contribution in [0.2, 0.25) is 0 Å². The first kappa shape index (κ1) is 5.65. The highest BCUT2D eigenvalue weighted by Gasteiger charge is 2.10. The lowest BCUT2D eigenvalue weighted by Gasteiger charge is -2.15. The monoisotopic (exact) mass is 135 g/mol. The predicted molar refractivity (Wildman–Crippen MR) is 41.7 cm³/mol. The summed E-state index contributed by atoms with van der Waals surface area (Å²) in [6, 6.07) is 0. The van der Waals surface area contributed by atoms with Gasteiger partial charge in [-0.05, 0) is 12.3 Å². The van der Waals surface area contributed by atoms with Crippen molar-refractivity contribution >= 4 is 11.4 Å². The van der Waals surface area contributed by atoms with Crippen LogP contribution in [-0.2, 0) is 0 Å². The van der Waals surface area contributed by atoms with Gasteiger partial charge in [0.2, 0.25) is 0 Å². The van der Waals surface area contributed by atoms with Gasteiger partial charge in [-0.2, -0.15) is 0 Å². The number of rotatable bonds is 0. The van der Waals surface area contributed by atoms with E-state index >= 15 is 0 Å². The third kappa shape index (κ3) is 0.835. The van der Waals surface area contributed by atoms with Crippen molar-refractivity contribution in [3.05, 3.63) is 12.3 Å². The summed E-state index contributed by atoms with van der Waals surface area (Å²) in [5.41, 5.74) is 2.17. The van der Waals surface area contributed by atoms with E-state index in [9.17, 15) is 0 Å². The third-order valence-corrected chi connectivity index (χ3v) is 1.61. The van der Waals surface area contributed by atoms with E-state index < -0.39 is 0 Å². The van der Waals surface area contributed by atoms with Crippen molar-refractivity contribution in [3.8, 4) is 0 Å². The summed E-state index contributed by atoms with van der Waals surface area (Å²) in [6.07, 6.45) is 3.89. The van der Waals surface area contributed by atoms with Crippen LogP contribution in [0.3, 0.4) is 0 Å². The Hall–Kier alpha value is -1.12. The second-order valence-corrected chi connectivity index (χ2v) is 2.31. The van der Waals surface area contributed by atoms with Crippen LogP contribution in [0.4, 0.5) is 0 Å². The van der Waals surface area contributed by atoms with Crippen LogP contribution in [0.15, 0.2) is 22.3 Å². The van der Waals surface area contributed by atoms with Gasteiger partial charge in [0.15, 0.2) is 0 Å². The van der Waals surface area contributed by atoms with E-state index in [2.05, 4.69) is 15.3 Å². The van der Waals surface area contributed by atoms with Crippen LogP contribution in [0.1, 0.15) is 0 Å². The standard InChI is InChI=1S/C7H9N3/c1-2-8-5-7-6(1)9-3-4-10-7/h1-2,8H,3-5H2. The zero-order valence-electron chi connectivity index (χ0n) is 5.67. The molecule has 3 nitrogen and oxygen atoms in total. The van der Waals surface area contributed by atoms with E-state index in [4.69, 9.17) is 0 Å². The molecule has 1 N–H and O–H groups in total. The maximum Gasteiger partial charge on any atom is 0.0818 e. The van der Waals surface area contributed by atoms with Crippen molar-refractivity contribution in [2.45, 2.75) is 0 Å². The maximum absolute atomic E-state index is 4.32. The number of fused-ring (bicyclic) bond motifs is 1. The Balaban J connectivity index is 2.33. The smallest absolute Gasteiger partial charge is 0.0818 e. The van der Waals surface area contributed by atoms with Gasteiger partial charge in [0.05, 0.1) is 31.1 Å². The molecular formula is C7H9N3. The Labute approximate surface area is 59.6 Å². The van der Waals surface area contributed by atoms with Gasteiger partial charge in [-0.15, -0.1) is 0 Å². The molecule has 10 heavy (non-hydrogen) atoms. The molecule has 0 saturated heterocycles. The third-order valence-electron chi connectivity index (χ3n) is 1.61. The summed E-state index contributed by atoms with van der Waals surface area (Å²) in [5.74, 6) is 0. The highest BCUT2D eigenvalue weighted by Crippen LogP contribution is 1.98. The highest BCUT2D eigenvalue weighted by molar-refractivity contribution is 6.48. The number of hydrogen-bond acceptors (Lipinski definition) is 3. The normalized spacial score (nSPS) is 22.4. The molecule has 0 atom stereocenters. The van der Waals surface area contributed by atoms with E-state index in [-0.39, 0.29) is 0 Å². The quantitative estimate of drug-likeness (QED) is 0.498. The first-order chi connectivity index (χ1) is 4.97. The second-order valence-electron chi connectivity index (χ2n) is 2.31. The molecule has 2 aliphatic rings. The number of allylic oxidation sites excluding steroid dienone is 1. The van der Waals surface area contributed by atoms with Crippen molar-refractivity contribution in [1.82, 2.24) is 5.32 Å². The molecule has 0 fully saturated rings. The predicted octanol–water partition coefficient (Wildman–Crippen LogP) is -0.00110. The van der Waals surface area contributed by atoms with Crippen LogP contribution in [0.5, 0.6) is 0 Å². The highest BCUT2D eigenvalue weighted by atomic mass is 15.0. The maximum atomic E-state index is 4.32. The average molecular weight is 135 g/mol. The molecule has 0 unspecified atom stereocenters. The summed E-state index contributed by atoms with van der Waals surface area (Å²) in [5, 5.41) is 3.09. The summed E-state index contributed by atoms with van der Waals surface area (Å²) in [6.45, 7) is 2.55. The van der Waals surface area contributed by atoms with Gasteiger partial charge < -0.3 is 5.32 Å². The van der Waals surface area contributed by atoms with Gasteiger partial charge in [-0.3, -0.25) is 9.98 Å². The minimum atomic E-state index is 0.843. The topological polar surface area (TPSA) is 36.8 Å².